The summed E-state index contributed by atoms with van der Waals surface area (Å²) in [5, 5.41) is 0.528. The Morgan fingerprint density at radius 2 is 1.83 bits per heavy atom. The Morgan fingerprint density at radius 3 is 2.60 bits per heavy atom. The van der Waals surface area contributed by atoms with Gasteiger partial charge in [0.1, 0.15) is 11.3 Å². The summed E-state index contributed by atoms with van der Waals surface area (Å²) in [5.74, 6) is 1.09. The molecule has 6 nitrogen and oxygen atoms in total. The van der Waals surface area contributed by atoms with Crippen molar-refractivity contribution in [2.24, 2.45) is 0 Å². The number of carbonyl (C=O) groups is 1. The Hall–Kier alpha value is -3.40. The molecule has 5 rings (SSSR count). The molecule has 2 aromatic heterocycles. The molecule has 2 aromatic carbocycles. The number of hydrogen-bond acceptors (Lipinski definition) is 6. The van der Waals surface area contributed by atoms with E-state index < -0.39 is 11.7 Å². The van der Waals surface area contributed by atoms with Gasteiger partial charge in [-0.2, -0.15) is 13.2 Å². The summed E-state index contributed by atoms with van der Waals surface area (Å²) >= 11 is 1.38. The van der Waals surface area contributed by atoms with Crippen molar-refractivity contribution in [3.8, 4) is 0 Å². The maximum absolute atomic E-state index is 13.0. The summed E-state index contributed by atoms with van der Waals surface area (Å²) in [6.45, 7) is 3.65. The van der Waals surface area contributed by atoms with E-state index in [4.69, 9.17) is 8.83 Å². The predicted octanol–water partition coefficient (Wildman–Crippen LogP) is 6.00. The third-order valence-electron chi connectivity index (χ3n) is 5.84. The van der Waals surface area contributed by atoms with Crippen molar-refractivity contribution in [2.45, 2.75) is 24.1 Å². The van der Waals surface area contributed by atoms with Gasteiger partial charge < -0.3 is 18.6 Å². The molecule has 1 amide bonds. The fraction of sp³-hybridized carbons (Fsp3) is 0.280. The normalized spacial score (nSPS) is 14.6. The first kappa shape index (κ1) is 23.3. The van der Waals surface area contributed by atoms with E-state index in [-0.39, 0.29) is 11.7 Å². The molecule has 1 aliphatic heterocycles. The standard InChI is InChI=1S/C25H22F3N3O3S/c1-16-5-7-21-20(13-16)29-24(34-21)35-15-19-6-8-22(33-19)23(32)31-11-9-30(10-12-31)18-4-2-3-17(14-18)25(26,27)28/h2-8,13-14H,9-12,15H2,1H3. The highest BCUT2D eigenvalue weighted by molar-refractivity contribution is 7.98. The van der Waals surface area contributed by atoms with Crippen molar-refractivity contribution in [1.82, 2.24) is 9.88 Å². The lowest BCUT2D eigenvalue weighted by atomic mass is 10.1. The van der Waals surface area contributed by atoms with Crippen LogP contribution in [0.1, 0.15) is 27.4 Å². The van der Waals surface area contributed by atoms with Gasteiger partial charge in [0.15, 0.2) is 11.3 Å². The molecule has 0 unspecified atom stereocenters. The van der Waals surface area contributed by atoms with Gasteiger partial charge in [-0.25, -0.2) is 4.98 Å². The van der Waals surface area contributed by atoms with Crippen LogP contribution >= 0.6 is 11.8 Å². The van der Waals surface area contributed by atoms with Crippen LogP contribution in [0.15, 0.2) is 68.7 Å². The average molecular weight is 502 g/mol. The van der Waals surface area contributed by atoms with Crippen LogP contribution in [0.4, 0.5) is 18.9 Å². The van der Waals surface area contributed by atoms with Gasteiger partial charge in [0.2, 0.25) is 0 Å². The number of halogens is 3. The molecule has 0 saturated carbocycles. The highest BCUT2D eigenvalue weighted by Crippen LogP contribution is 2.32. The highest BCUT2D eigenvalue weighted by Gasteiger charge is 2.31. The Balaban J connectivity index is 1.17. The summed E-state index contributed by atoms with van der Waals surface area (Å²) in [7, 11) is 0. The third-order valence-corrected chi connectivity index (χ3v) is 6.69. The summed E-state index contributed by atoms with van der Waals surface area (Å²) in [5.41, 5.74) is 2.44. The second-order valence-electron chi connectivity index (χ2n) is 8.33. The van der Waals surface area contributed by atoms with Crippen LogP contribution in [0.5, 0.6) is 0 Å². The fourth-order valence-corrected chi connectivity index (χ4v) is 4.72. The first-order chi connectivity index (χ1) is 16.8. The molecular formula is C25H22F3N3O3S. The number of fused-ring (bicyclic) bond motifs is 1. The fourth-order valence-electron chi connectivity index (χ4n) is 3.98. The minimum absolute atomic E-state index is 0.234. The first-order valence-corrected chi connectivity index (χ1v) is 12.0. The zero-order valence-electron chi connectivity index (χ0n) is 18.8. The maximum atomic E-state index is 13.0. The number of benzene rings is 2. The van der Waals surface area contributed by atoms with E-state index in [2.05, 4.69) is 4.98 Å². The molecule has 1 saturated heterocycles. The van der Waals surface area contributed by atoms with Gasteiger partial charge in [-0.1, -0.05) is 23.9 Å². The van der Waals surface area contributed by atoms with Gasteiger partial charge in [-0.15, -0.1) is 0 Å². The van der Waals surface area contributed by atoms with E-state index in [1.165, 1.54) is 17.8 Å². The van der Waals surface area contributed by atoms with Crippen LogP contribution in [0.3, 0.4) is 0 Å². The lowest BCUT2D eigenvalue weighted by Crippen LogP contribution is -2.48. The van der Waals surface area contributed by atoms with Gasteiger partial charge in [0, 0.05) is 31.9 Å². The number of piperazine rings is 1. The minimum atomic E-state index is -4.39. The Bertz CT molecular complexity index is 1360. The molecule has 4 aromatic rings. The number of carbonyl (C=O) groups excluding carboxylic acids is 1. The van der Waals surface area contributed by atoms with Crippen molar-refractivity contribution in [3.63, 3.8) is 0 Å². The predicted molar refractivity (Wildman–Crippen MR) is 127 cm³/mol. The Morgan fingerprint density at radius 1 is 1.03 bits per heavy atom. The quantitative estimate of drug-likeness (QED) is 0.313. The molecule has 1 fully saturated rings. The molecule has 35 heavy (non-hydrogen) atoms. The molecule has 3 heterocycles. The number of aromatic nitrogens is 1. The van der Waals surface area contributed by atoms with Gasteiger partial charge in [-0.05, 0) is 55.0 Å². The zero-order valence-corrected chi connectivity index (χ0v) is 19.7. The van der Waals surface area contributed by atoms with E-state index in [0.717, 1.165) is 28.8 Å². The number of amides is 1. The SMILES string of the molecule is Cc1ccc2oc(SCc3ccc(C(=O)N4CCN(c5cccc(C(F)(F)F)c5)CC4)o3)nc2c1. The van der Waals surface area contributed by atoms with Crippen molar-refractivity contribution < 1.29 is 26.8 Å². The smallest absolute Gasteiger partial charge is 0.416 e. The number of oxazole rings is 1. The van der Waals surface area contributed by atoms with Gasteiger partial charge in [0.25, 0.3) is 11.1 Å². The van der Waals surface area contributed by atoms with Crippen molar-refractivity contribution >= 4 is 34.5 Å². The number of nitrogens with zero attached hydrogens (tertiary/aromatic N) is 3. The zero-order chi connectivity index (χ0) is 24.6. The second kappa shape index (κ2) is 9.33. The van der Waals surface area contributed by atoms with Crippen LogP contribution in [-0.4, -0.2) is 42.0 Å². The molecule has 0 atom stereocenters. The number of furan rings is 1. The summed E-state index contributed by atoms with van der Waals surface area (Å²) in [6, 6.07) is 14.5. The van der Waals surface area contributed by atoms with Crippen molar-refractivity contribution in [2.75, 3.05) is 31.1 Å². The van der Waals surface area contributed by atoms with Gasteiger partial charge >= 0.3 is 6.18 Å². The monoisotopic (exact) mass is 501 g/mol. The average Bonchev–Trinajstić information content (AvgIpc) is 3.48. The third kappa shape index (κ3) is 5.17. The van der Waals surface area contributed by atoms with E-state index in [9.17, 15) is 18.0 Å². The lowest BCUT2D eigenvalue weighted by Gasteiger charge is -2.36. The molecule has 0 spiro atoms. The maximum Gasteiger partial charge on any atom is 0.416 e. The topological polar surface area (TPSA) is 62.7 Å². The largest absolute Gasteiger partial charge is 0.455 e. The number of hydrogen-bond donors (Lipinski definition) is 0. The van der Waals surface area contributed by atoms with Crippen LogP contribution in [-0.2, 0) is 11.9 Å². The van der Waals surface area contributed by atoms with Gasteiger partial charge in [0.05, 0.1) is 11.3 Å². The number of rotatable bonds is 5. The number of alkyl halides is 3. The number of thioether (sulfide) groups is 1. The molecule has 10 heteroatoms. The van der Waals surface area contributed by atoms with E-state index in [0.29, 0.717) is 48.6 Å². The summed E-state index contributed by atoms with van der Waals surface area (Å²) in [6.07, 6.45) is -4.39. The van der Waals surface area contributed by atoms with Crippen LogP contribution in [0, 0.1) is 6.92 Å². The Labute approximate surface area is 203 Å². The molecular weight excluding hydrogens is 479 g/mol. The van der Waals surface area contributed by atoms with E-state index in [1.54, 1.807) is 23.1 Å². The van der Waals surface area contributed by atoms with E-state index in [1.807, 2.05) is 30.0 Å². The highest BCUT2D eigenvalue weighted by atomic mass is 32.2. The van der Waals surface area contributed by atoms with Crippen molar-refractivity contribution in [1.29, 1.82) is 0 Å². The molecule has 182 valence electrons. The molecule has 0 radical (unpaired) electrons. The minimum Gasteiger partial charge on any atom is -0.455 e. The molecule has 0 bridgehead atoms. The summed E-state index contributed by atoms with van der Waals surface area (Å²) < 4.78 is 50.5. The van der Waals surface area contributed by atoms with Crippen LogP contribution in [0.25, 0.3) is 11.1 Å². The van der Waals surface area contributed by atoms with Crippen molar-refractivity contribution in [3.05, 3.63) is 77.2 Å². The summed E-state index contributed by atoms with van der Waals surface area (Å²) in [4.78, 5) is 20.9. The number of anilines is 1. The second-order valence-corrected chi connectivity index (χ2v) is 9.26. The van der Waals surface area contributed by atoms with E-state index >= 15 is 0 Å². The molecule has 1 aliphatic rings. The molecule has 0 aliphatic carbocycles. The Kier molecular flexibility index (Phi) is 6.22. The first-order valence-electron chi connectivity index (χ1n) is 11.1. The lowest BCUT2D eigenvalue weighted by molar-refractivity contribution is -0.137. The number of aryl methyl sites for hydroxylation is 1. The molecule has 0 N–H and O–H groups in total. The van der Waals surface area contributed by atoms with Crippen LogP contribution < -0.4 is 4.90 Å². The van der Waals surface area contributed by atoms with Crippen LogP contribution in [0.2, 0.25) is 0 Å². The van der Waals surface area contributed by atoms with Gasteiger partial charge in [-0.3, -0.25) is 4.79 Å².